The van der Waals surface area contributed by atoms with Crippen molar-refractivity contribution in [3.63, 3.8) is 0 Å². The van der Waals surface area contributed by atoms with Crippen molar-refractivity contribution in [3.8, 4) is 0 Å². The van der Waals surface area contributed by atoms with Gasteiger partial charge in [0.15, 0.2) is 23.0 Å². The molecule has 0 saturated carbocycles. The smallest absolute Gasteiger partial charge is 0.350 e. The number of carbonyl (C=O) groups excluding carboxylic acids is 2. The largest absolute Gasteiger partial charge is 0.477 e. The summed E-state index contributed by atoms with van der Waals surface area (Å²) in [6, 6.07) is 0.331. The van der Waals surface area contributed by atoms with Crippen molar-refractivity contribution >= 4 is 23.6 Å². The number of carbonyl (C=O) groups is 3. The van der Waals surface area contributed by atoms with E-state index in [1.54, 1.807) is 0 Å². The Morgan fingerprint density at radius 2 is 1.71 bits per heavy atom. The topological polar surface area (TPSA) is 102 Å². The summed E-state index contributed by atoms with van der Waals surface area (Å²) in [5, 5.41) is 10.7. The van der Waals surface area contributed by atoms with Gasteiger partial charge in [-0.3, -0.25) is 0 Å². The van der Waals surface area contributed by atoms with Crippen LogP contribution >= 0.6 is 0 Å². The van der Waals surface area contributed by atoms with Gasteiger partial charge < -0.3 is 19.9 Å². The lowest BCUT2D eigenvalue weighted by molar-refractivity contribution is -0.222. The van der Waals surface area contributed by atoms with Gasteiger partial charge in [0.1, 0.15) is 5.56 Å². The molecule has 0 spiro atoms. The van der Waals surface area contributed by atoms with Crippen LogP contribution in [0.25, 0.3) is 0 Å². The number of halogens is 3. The lowest BCUT2D eigenvalue weighted by Gasteiger charge is -2.29. The highest BCUT2D eigenvalue weighted by molar-refractivity contribution is 6.15. The Labute approximate surface area is 132 Å². The van der Waals surface area contributed by atoms with Crippen molar-refractivity contribution in [2.24, 2.45) is 0 Å². The van der Waals surface area contributed by atoms with Gasteiger partial charge >= 0.3 is 17.9 Å². The summed E-state index contributed by atoms with van der Waals surface area (Å²) in [5.74, 6) is -10.8. The fraction of sp³-hybridized carbons (Fsp3) is 0.214. The third-order valence-corrected chi connectivity index (χ3v) is 2.86. The summed E-state index contributed by atoms with van der Waals surface area (Å²) in [6.07, 6.45) is 0.640. The van der Waals surface area contributed by atoms with E-state index < -0.39 is 58.0 Å². The molecule has 0 bridgehead atoms. The van der Waals surface area contributed by atoms with E-state index in [2.05, 4.69) is 0 Å². The number of carboxylic acid groups (broad SMARTS) is 1. The van der Waals surface area contributed by atoms with Gasteiger partial charge in [0.05, 0.1) is 5.69 Å². The summed E-state index contributed by atoms with van der Waals surface area (Å²) < 4.78 is 50.1. The number of esters is 2. The molecule has 0 amide bonds. The van der Waals surface area contributed by atoms with E-state index in [0.29, 0.717) is 12.3 Å². The van der Waals surface area contributed by atoms with Crippen molar-refractivity contribution in [1.29, 1.82) is 0 Å². The Balaban J connectivity index is 2.38. The number of anilines is 1. The molecule has 1 aliphatic rings. The van der Waals surface area contributed by atoms with Gasteiger partial charge in [-0.05, 0) is 0 Å². The first kappa shape index (κ1) is 17.3. The second kappa shape index (κ2) is 5.87. The molecule has 24 heavy (non-hydrogen) atoms. The number of benzene rings is 1. The number of hydrogen-bond acceptors (Lipinski definition) is 6. The quantitative estimate of drug-likeness (QED) is 0.373. The molecule has 0 aliphatic carbocycles. The highest BCUT2D eigenvalue weighted by Gasteiger charge is 2.39. The van der Waals surface area contributed by atoms with Crippen LogP contribution in [-0.4, -0.2) is 28.8 Å². The Bertz CT molecular complexity index is 765. The van der Waals surface area contributed by atoms with Crippen molar-refractivity contribution in [1.82, 2.24) is 0 Å². The van der Waals surface area contributed by atoms with E-state index >= 15 is 0 Å². The highest BCUT2D eigenvalue weighted by Crippen LogP contribution is 2.26. The average Bonchev–Trinajstić information content (AvgIpc) is 2.41. The SMILES string of the molecule is CC1(C)OC(=O)C(=CNc2cc(F)c(F)c(C(=O)O)c2F)C(=O)O1. The molecule has 1 aromatic rings. The fourth-order valence-electron chi connectivity index (χ4n) is 1.83. The number of carboxylic acids is 1. The zero-order valence-corrected chi connectivity index (χ0v) is 12.3. The second-order valence-corrected chi connectivity index (χ2v) is 5.10. The zero-order valence-electron chi connectivity index (χ0n) is 12.3. The molecule has 0 unspecified atom stereocenters. The molecule has 1 fully saturated rings. The molecule has 0 radical (unpaired) electrons. The minimum atomic E-state index is -2.03. The van der Waals surface area contributed by atoms with Gasteiger partial charge in [-0.2, -0.15) is 0 Å². The lowest BCUT2D eigenvalue weighted by Crippen LogP contribution is -2.42. The molecule has 0 atom stereocenters. The van der Waals surface area contributed by atoms with Crippen LogP contribution in [0.1, 0.15) is 24.2 Å². The van der Waals surface area contributed by atoms with Gasteiger partial charge in [0.2, 0.25) is 0 Å². The minimum absolute atomic E-state index is 0.331. The number of rotatable bonds is 3. The Morgan fingerprint density at radius 1 is 1.17 bits per heavy atom. The Hall–Kier alpha value is -3.04. The van der Waals surface area contributed by atoms with Gasteiger partial charge in [-0.1, -0.05) is 0 Å². The minimum Gasteiger partial charge on any atom is -0.477 e. The fourth-order valence-corrected chi connectivity index (χ4v) is 1.83. The normalized spacial score (nSPS) is 16.3. The van der Waals surface area contributed by atoms with E-state index in [4.69, 9.17) is 14.6 Å². The molecule has 2 rings (SSSR count). The maximum Gasteiger partial charge on any atom is 0.350 e. The lowest BCUT2D eigenvalue weighted by atomic mass is 10.1. The van der Waals surface area contributed by atoms with E-state index in [-0.39, 0.29) is 0 Å². The summed E-state index contributed by atoms with van der Waals surface area (Å²) in [7, 11) is 0. The van der Waals surface area contributed by atoms with Crippen molar-refractivity contribution in [3.05, 3.63) is 40.9 Å². The van der Waals surface area contributed by atoms with Crippen LogP contribution in [0.2, 0.25) is 0 Å². The van der Waals surface area contributed by atoms with Crippen molar-refractivity contribution in [2.75, 3.05) is 5.32 Å². The van der Waals surface area contributed by atoms with E-state index in [9.17, 15) is 27.6 Å². The van der Waals surface area contributed by atoms with E-state index in [0.717, 1.165) is 0 Å². The molecule has 1 heterocycles. The Kier molecular flexibility index (Phi) is 4.24. The van der Waals surface area contributed by atoms with Gasteiger partial charge in [0, 0.05) is 26.1 Å². The van der Waals surface area contributed by atoms with Gasteiger partial charge in [-0.25, -0.2) is 27.6 Å². The van der Waals surface area contributed by atoms with Crippen LogP contribution in [0.3, 0.4) is 0 Å². The van der Waals surface area contributed by atoms with Crippen molar-refractivity contribution in [2.45, 2.75) is 19.6 Å². The first-order valence-electron chi connectivity index (χ1n) is 6.37. The molecule has 2 N–H and O–H groups in total. The first-order valence-corrected chi connectivity index (χ1v) is 6.37. The first-order chi connectivity index (χ1) is 11.0. The summed E-state index contributed by atoms with van der Waals surface area (Å²) in [4.78, 5) is 34.1. The summed E-state index contributed by atoms with van der Waals surface area (Å²) in [6.45, 7) is 2.61. The zero-order chi connectivity index (χ0) is 18.2. The molecule has 10 heteroatoms. The maximum atomic E-state index is 13.9. The Morgan fingerprint density at radius 3 is 2.21 bits per heavy atom. The third kappa shape index (κ3) is 3.16. The van der Waals surface area contributed by atoms with Crippen LogP contribution in [0.5, 0.6) is 0 Å². The number of ether oxygens (including phenoxy) is 2. The molecule has 1 aromatic carbocycles. The number of nitrogens with one attached hydrogen (secondary N) is 1. The third-order valence-electron chi connectivity index (χ3n) is 2.86. The number of aromatic carboxylic acids is 1. The molecule has 1 saturated heterocycles. The average molecular weight is 345 g/mol. The predicted molar refractivity (Wildman–Crippen MR) is 71.2 cm³/mol. The van der Waals surface area contributed by atoms with Crippen LogP contribution in [0.4, 0.5) is 18.9 Å². The molecule has 0 aromatic heterocycles. The van der Waals surface area contributed by atoms with Crippen LogP contribution in [-0.2, 0) is 19.1 Å². The standard InChI is InChI=1S/C14H10F3NO6/c1-14(2)23-12(21)5(13(22)24-14)4-18-7-3-6(15)9(16)8(10(7)17)11(19)20/h3-4,18H,1-2H3,(H,19,20). The second-order valence-electron chi connectivity index (χ2n) is 5.10. The molecular formula is C14H10F3NO6. The monoisotopic (exact) mass is 345 g/mol. The number of cyclic esters (lactones) is 2. The molecule has 7 nitrogen and oxygen atoms in total. The van der Waals surface area contributed by atoms with Gasteiger partial charge in [-0.15, -0.1) is 0 Å². The molecule has 1 aliphatic heterocycles. The molecular weight excluding hydrogens is 335 g/mol. The maximum absolute atomic E-state index is 13.9. The van der Waals surface area contributed by atoms with Crippen LogP contribution < -0.4 is 5.32 Å². The van der Waals surface area contributed by atoms with Crippen LogP contribution in [0.15, 0.2) is 17.8 Å². The summed E-state index contributed by atoms with van der Waals surface area (Å²) in [5.41, 5.74) is -3.00. The molecule has 128 valence electrons. The number of hydrogen-bond donors (Lipinski definition) is 2. The predicted octanol–water partition coefficient (Wildman–Crippen LogP) is 1.93. The summed E-state index contributed by atoms with van der Waals surface area (Å²) >= 11 is 0. The van der Waals surface area contributed by atoms with Gasteiger partial charge in [0.25, 0.3) is 5.79 Å². The van der Waals surface area contributed by atoms with E-state index in [1.165, 1.54) is 13.8 Å². The highest BCUT2D eigenvalue weighted by atomic mass is 19.2. The van der Waals surface area contributed by atoms with Crippen molar-refractivity contribution < 1.29 is 42.1 Å². The van der Waals surface area contributed by atoms with E-state index in [1.807, 2.05) is 5.32 Å². The van der Waals surface area contributed by atoms with Crippen LogP contribution in [0, 0.1) is 17.5 Å².